The second kappa shape index (κ2) is 6.89. The standard InChI is InChI=1S/C17H28N2O/c1-12(17(3,4)5)11-16(20)19-15-10-8-7-9-14(15)13(2)18-6/h7-10,12-13,18H,11H2,1-6H3,(H,19,20). The third kappa shape index (κ3) is 4.64. The number of amides is 1. The van der Waals surface area contributed by atoms with E-state index in [9.17, 15) is 4.79 Å². The van der Waals surface area contributed by atoms with Gasteiger partial charge in [0, 0.05) is 18.2 Å². The van der Waals surface area contributed by atoms with Crippen molar-refractivity contribution < 1.29 is 4.79 Å². The van der Waals surface area contributed by atoms with Crippen molar-refractivity contribution in [1.29, 1.82) is 0 Å². The van der Waals surface area contributed by atoms with E-state index in [0.29, 0.717) is 12.3 Å². The fourth-order valence-electron chi connectivity index (χ4n) is 1.93. The topological polar surface area (TPSA) is 41.1 Å². The van der Waals surface area contributed by atoms with Crippen molar-refractivity contribution in [2.24, 2.45) is 11.3 Å². The minimum Gasteiger partial charge on any atom is -0.326 e. The van der Waals surface area contributed by atoms with Crippen molar-refractivity contribution in [2.45, 2.75) is 47.1 Å². The van der Waals surface area contributed by atoms with E-state index in [1.165, 1.54) is 0 Å². The van der Waals surface area contributed by atoms with Crippen LogP contribution in [0.15, 0.2) is 24.3 Å². The summed E-state index contributed by atoms with van der Waals surface area (Å²) in [7, 11) is 1.92. The lowest BCUT2D eigenvalue weighted by molar-refractivity contribution is -0.117. The van der Waals surface area contributed by atoms with E-state index < -0.39 is 0 Å². The largest absolute Gasteiger partial charge is 0.326 e. The molecule has 0 fully saturated rings. The number of carbonyl (C=O) groups excluding carboxylic acids is 1. The van der Waals surface area contributed by atoms with Crippen molar-refractivity contribution >= 4 is 11.6 Å². The van der Waals surface area contributed by atoms with E-state index in [4.69, 9.17) is 0 Å². The third-order valence-electron chi connectivity index (χ3n) is 4.10. The van der Waals surface area contributed by atoms with Crippen molar-refractivity contribution in [2.75, 3.05) is 12.4 Å². The normalized spacial score (nSPS) is 14.7. The molecule has 0 aliphatic rings. The van der Waals surface area contributed by atoms with Crippen LogP contribution in [-0.2, 0) is 4.79 Å². The zero-order valence-corrected chi connectivity index (χ0v) is 13.6. The molecule has 0 spiro atoms. The molecule has 2 N–H and O–H groups in total. The van der Waals surface area contributed by atoms with Gasteiger partial charge in [-0.2, -0.15) is 0 Å². The van der Waals surface area contributed by atoms with E-state index in [1.807, 2.05) is 31.3 Å². The van der Waals surface area contributed by atoms with Crippen molar-refractivity contribution in [3.63, 3.8) is 0 Å². The molecule has 1 aromatic rings. The van der Waals surface area contributed by atoms with Crippen LogP contribution in [0.1, 0.15) is 52.6 Å². The predicted octanol–water partition coefficient (Wildman–Crippen LogP) is 3.98. The molecule has 0 radical (unpaired) electrons. The smallest absolute Gasteiger partial charge is 0.224 e. The molecular weight excluding hydrogens is 248 g/mol. The molecule has 0 aliphatic heterocycles. The van der Waals surface area contributed by atoms with Crippen molar-refractivity contribution in [1.82, 2.24) is 5.32 Å². The van der Waals surface area contributed by atoms with E-state index >= 15 is 0 Å². The summed E-state index contributed by atoms with van der Waals surface area (Å²) in [6.07, 6.45) is 0.547. The van der Waals surface area contributed by atoms with Gasteiger partial charge in [-0.1, -0.05) is 45.9 Å². The molecule has 20 heavy (non-hydrogen) atoms. The number of rotatable bonds is 5. The summed E-state index contributed by atoms with van der Waals surface area (Å²) in [5, 5.41) is 6.26. The maximum Gasteiger partial charge on any atom is 0.224 e. The van der Waals surface area contributed by atoms with Crippen LogP contribution in [0.5, 0.6) is 0 Å². The summed E-state index contributed by atoms with van der Waals surface area (Å²) in [6, 6.07) is 8.17. The van der Waals surface area contributed by atoms with Crippen LogP contribution in [0.2, 0.25) is 0 Å². The molecule has 3 heteroatoms. The summed E-state index contributed by atoms with van der Waals surface area (Å²) in [6.45, 7) is 10.7. The summed E-state index contributed by atoms with van der Waals surface area (Å²) in [4.78, 5) is 12.2. The Bertz CT molecular complexity index is 449. The molecule has 0 aromatic heterocycles. The number of carbonyl (C=O) groups is 1. The highest BCUT2D eigenvalue weighted by molar-refractivity contribution is 5.91. The van der Waals surface area contributed by atoms with Gasteiger partial charge in [0.1, 0.15) is 0 Å². The van der Waals surface area contributed by atoms with Gasteiger partial charge in [-0.15, -0.1) is 0 Å². The Morgan fingerprint density at radius 3 is 2.35 bits per heavy atom. The molecule has 0 heterocycles. The van der Waals surface area contributed by atoms with Crippen LogP contribution >= 0.6 is 0 Å². The molecule has 1 rings (SSSR count). The molecule has 0 bridgehead atoms. The van der Waals surface area contributed by atoms with E-state index in [-0.39, 0.29) is 17.4 Å². The lowest BCUT2D eigenvalue weighted by atomic mass is 9.80. The molecule has 2 atom stereocenters. The summed E-state index contributed by atoms with van der Waals surface area (Å²) in [5.41, 5.74) is 2.17. The first-order chi connectivity index (χ1) is 9.25. The Morgan fingerprint density at radius 2 is 1.80 bits per heavy atom. The molecule has 1 aromatic carbocycles. The highest BCUT2D eigenvalue weighted by Crippen LogP contribution is 2.29. The van der Waals surface area contributed by atoms with Gasteiger partial charge in [-0.25, -0.2) is 0 Å². The Balaban J connectivity index is 2.76. The van der Waals surface area contributed by atoms with Gasteiger partial charge in [0.05, 0.1) is 0 Å². The number of nitrogens with one attached hydrogen (secondary N) is 2. The van der Waals surface area contributed by atoms with Gasteiger partial charge in [0.15, 0.2) is 0 Å². The van der Waals surface area contributed by atoms with E-state index in [2.05, 4.69) is 45.3 Å². The van der Waals surface area contributed by atoms with Crippen LogP contribution in [0.25, 0.3) is 0 Å². The van der Waals surface area contributed by atoms with Crippen molar-refractivity contribution in [3.05, 3.63) is 29.8 Å². The first-order valence-electron chi connectivity index (χ1n) is 7.31. The fraction of sp³-hybridized carbons (Fsp3) is 0.588. The lowest BCUT2D eigenvalue weighted by Gasteiger charge is -2.27. The molecule has 0 saturated heterocycles. The number of hydrogen-bond acceptors (Lipinski definition) is 2. The maximum atomic E-state index is 12.2. The molecule has 3 nitrogen and oxygen atoms in total. The Morgan fingerprint density at radius 1 is 1.20 bits per heavy atom. The van der Waals surface area contributed by atoms with Gasteiger partial charge in [-0.3, -0.25) is 4.79 Å². The number of benzene rings is 1. The number of anilines is 1. The van der Waals surface area contributed by atoms with E-state index in [1.54, 1.807) is 0 Å². The quantitative estimate of drug-likeness (QED) is 0.854. The fourth-order valence-corrected chi connectivity index (χ4v) is 1.93. The second-order valence-corrected chi connectivity index (χ2v) is 6.62. The third-order valence-corrected chi connectivity index (χ3v) is 4.10. The zero-order chi connectivity index (χ0) is 15.3. The Kier molecular flexibility index (Phi) is 5.75. The Hall–Kier alpha value is -1.35. The van der Waals surface area contributed by atoms with Gasteiger partial charge >= 0.3 is 0 Å². The second-order valence-electron chi connectivity index (χ2n) is 6.62. The van der Waals surface area contributed by atoms with Crippen LogP contribution in [0.4, 0.5) is 5.69 Å². The van der Waals surface area contributed by atoms with Gasteiger partial charge in [0.25, 0.3) is 0 Å². The number of para-hydroxylation sites is 1. The minimum absolute atomic E-state index is 0.0863. The minimum atomic E-state index is 0.0863. The lowest BCUT2D eigenvalue weighted by Crippen LogP contribution is -2.24. The van der Waals surface area contributed by atoms with Crippen LogP contribution in [0, 0.1) is 11.3 Å². The average Bonchev–Trinajstić information content (AvgIpc) is 2.37. The summed E-state index contributed by atoms with van der Waals surface area (Å²) < 4.78 is 0. The average molecular weight is 276 g/mol. The molecule has 1 amide bonds. The monoisotopic (exact) mass is 276 g/mol. The van der Waals surface area contributed by atoms with Gasteiger partial charge in [0.2, 0.25) is 5.91 Å². The summed E-state index contributed by atoms with van der Waals surface area (Å²) >= 11 is 0. The Labute approximate surface area is 123 Å². The van der Waals surface area contributed by atoms with Crippen LogP contribution in [0.3, 0.4) is 0 Å². The summed E-state index contributed by atoms with van der Waals surface area (Å²) in [5.74, 6) is 0.430. The molecular formula is C17H28N2O. The highest BCUT2D eigenvalue weighted by Gasteiger charge is 2.23. The number of hydrogen-bond donors (Lipinski definition) is 2. The zero-order valence-electron chi connectivity index (χ0n) is 13.6. The van der Waals surface area contributed by atoms with Crippen LogP contribution in [-0.4, -0.2) is 13.0 Å². The van der Waals surface area contributed by atoms with Crippen LogP contribution < -0.4 is 10.6 Å². The predicted molar refractivity (Wildman–Crippen MR) is 85.8 cm³/mol. The first-order valence-corrected chi connectivity index (χ1v) is 7.31. The van der Waals surface area contributed by atoms with Gasteiger partial charge in [-0.05, 0) is 36.9 Å². The van der Waals surface area contributed by atoms with Gasteiger partial charge < -0.3 is 10.6 Å². The molecule has 2 unspecified atom stereocenters. The van der Waals surface area contributed by atoms with E-state index in [0.717, 1.165) is 11.3 Å². The van der Waals surface area contributed by atoms with Crippen molar-refractivity contribution in [3.8, 4) is 0 Å². The molecule has 0 aliphatic carbocycles. The SMILES string of the molecule is CNC(C)c1ccccc1NC(=O)CC(C)C(C)(C)C. The highest BCUT2D eigenvalue weighted by atomic mass is 16.1. The molecule has 0 saturated carbocycles. The molecule has 112 valence electrons. The first kappa shape index (κ1) is 16.7. The maximum absolute atomic E-state index is 12.2.